The molecule has 2 unspecified atom stereocenters. The number of thiazole rings is 1. The fourth-order valence-corrected chi connectivity index (χ4v) is 3.96. The van der Waals surface area contributed by atoms with Crippen molar-refractivity contribution in [3.05, 3.63) is 44.4 Å². The summed E-state index contributed by atoms with van der Waals surface area (Å²) >= 11 is 13.6. The molecule has 140 valence electrons. The quantitative estimate of drug-likeness (QED) is 0.802. The maximum Gasteiger partial charge on any atom is 0.243 e. The maximum atomic E-state index is 12.6. The Morgan fingerprint density at radius 2 is 2.15 bits per heavy atom. The molecule has 1 aliphatic heterocycles. The van der Waals surface area contributed by atoms with Crippen LogP contribution in [0.5, 0.6) is 0 Å². The van der Waals surface area contributed by atoms with E-state index in [0.29, 0.717) is 34.9 Å². The molecule has 0 saturated carbocycles. The van der Waals surface area contributed by atoms with Crippen molar-refractivity contribution in [1.29, 1.82) is 0 Å². The number of amides is 1. The summed E-state index contributed by atoms with van der Waals surface area (Å²) in [6.45, 7) is 7.70. The molecule has 3 rings (SSSR count). The SMILES string of the molecule is Cc1nc(NC(=O)C(C)N2CCOC(c3ccc(Cl)c(Cl)c3)C2)sc1C. The lowest BCUT2D eigenvalue weighted by atomic mass is 10.1. The van der Waals surface area contributed by atoms with Gasteiger partial charge in [-0.2, -0.15) is 0 Å². The average Bonchev–Trinajstić information content (AvgIpc) is 2.94. The Hall–Kier alpha value is -1.18. The second-order valence-corrected chi connectivity index (χ2v) is 8.37. The van der Waals surface area contributed by atoms with E-state index in [1.54, 1.807) is 6.07 Å². The molecule has 2 aromatic rings. The first-order valence-corrected chi connectivity index (χ1v) is 9.98. The summed E-state index contributed by atoms with van der Waals surface area (Å²) in [6, 6.07) is 5.22. The fourth-order valence-electron chi connectivity index (χ4n) is 2.84. The number of nitrogens with zero attached hydrogens (tertiary/aromatic N) is 2. The van der Waals surface area contributed by atoms with Crippen LogP contribution in [0.3, 0.4) is 0 Å². The van der Waals surface area contributed by atoms with Crippen molar-refractivity contribution >= 4 is 45.6 Å². The summed E-state index contributed by atoms with van der Waals surface area (Å²) in [7, 11) is 0. The first-order valence-electron chi connectivity index (χ1n) is 8.40. The van der Waals surface area contributed by atoms with Crippen molar-refractivity contribution in [2.75, 3.05) is 25.0 Å². The number of anilines is 1. The van der Waals surface area contributed by atoms with Gasteiger partial charge in [-0.1, -0.05) is 29.3 Å². The number of morpholine rings is 1. The molecule has 2 heterocycles. The number of hydrogen-bond acceptors (Lipinski definition) is 5. The van der Waals surface area contributed by atoms with Crippen molar-refractivity contribution in [3.8, 4) is 0 Å². The Balaban J connectivity index is 1.66. The summed E-state index contributed by atoms with van der Waals surface area (Å²) in [6.07, 6.45) is -0.141. The van der Waals surface area contributed by atoms with Gasteiger partial charge in [0.1, 0.15) is 0 Å². The van der Waals surface area contributed by atoms with Gasteiger partial charge >= 0.3 is 0 Å². The number of carbonyl (C=O) groups is 1. The van der Waals surface area contributed by atoms with Crippen molar-refractivity contribution < 1.29 is 9.53 Å². The molecule has 1 amide bonds. The first-order chi connectivity index (χ1) is 12.3. The average molecular weight is 414 g/mol. The lowest BCUT2D eigenvalue weighted by Gasteiger charge is -2.36. The van der Waals surface area contributed by atoms with Gasteiger partial charge in [0.15, 0.2) is 5.13 Å². The van der Waals surface area contributed by atoms with Gasteiger partial charge in [0, 0.05) is 18.0 Å². The highest BCUT2D eigenvalue weighted by molar-refractivity contribution is 7.15. The predicted molar refractivity (Wildman–Crippen MR) is 106 cm³/mol. The topological polar surface area (TPSA) is 54.5 Å². The molecule has 1 fully saturated rings. The summed E-state index contributed by atoms with van der Waals surface area (Å²) in [5, 5.41) is 4.59. The van der Waals surface area contributed by atoms with E-state index in [0.717, 1.165) is 16.1 Å². The van der Waals surface area contributed by atoms with Gasteiger partial charge in [-0.3, -0.25) is 9.69 Å². The zero-order chi connectivity index (χ0) is 18.8. The number of carbonyl (C=O) groups excluding carboxylic acids is 1. The molecule has 1 N–H and O–H groups in total. The minimum Gasteiger partial charge on any atom is -0.371 e. The summed E-state index contributed by atoms with van der Waals surface area (Å²) in [5.74, 6) is -0.0615. The lowest BCUT2D eigenvalue weighted by Crippen LogP contribution is -2.48. The molecule has 1 aromatic carbocycles. The maximum absolute atomic E-state index is 12.6. The Bertz CT molecular complexity index is 792. The zero-order valence-electron chi connectivity index (χ0n) is 14.9. The third-order valence-electron chi connectivity index (χ3n) is 4.60. The molecule has 0 spiro atoms. The Kier molecular flexibility index (Phi) is 6.20. The Morgan fingerprint density at radius 3 is 2.81 bits per heavy atom. The third-order valence-corrected chi connectivity index (χ3v) is 6.33. The molecule has 0 aliphatic carbocycles. The molecular formula is C18H21Cl2N3O2S. The molecule has 1 aromatic heterocycles. The Labute approximate surface area is 167 Å². The Morgan fingerprint density at radius 1 is 1.38 bits per heavy atom. The molecule has 5 nitrogen and oxygen atoms in total. The van der Waals surface area contributed by atoms with E-state index in [2.05, 4.69) is 15.2 Å². The van der Waals surface area contributed by atoms with Gasteiger partial charge in [0.05, 0.1) is 34.5 Å². The van der Waals surface area contributed by atoms with Crippen LogP contribution in [0.25, 0.3) is 0 Å². The van der Waals surface area contributed by atoms with E-state index >= 15 is 0 Å². The lowest BCUT2D eigenvalue weighted by molar-refractivity contribution is -0.124. The predicted octanol–water partition coefficient (Wildman–Crippen LogP) is 4.47. The zero-order valence-corrected chi connectivity index (χ0v) is 17.2. The van der Waals surface area contributed by atoms with Crippen molar-refractivity contribution in [2.45, 2.75) is 32.9 Å². The monoisotopic (exact) mass is 413 g/mol. The number of nitrogens with one attached hydrogen (secondary N) is 1. The van der Waals surface area contributed by atoms with Gasteiger partial charge in [0.2, 0.25) is 5.91 Å². The second-order valence-electron chi connectivity index (χ2n) is 6.35. The van der Waals surface area contributed by atoms with Crippen LogP contribution in [-0.4, -0.2) is 41.5 Å². The highest BCUT2D eigenvalue weighted by Crippen LogP contribution is 2.30. The number of aromatic nitrogens is 1. The van der Waals surface area contributed by atoms with Crippen LogP contribution in [0, 0.1) is 13.8 Å². The highest BCUT2D eigenvalue weighted by Gasteiger charge is 2.29. The molecule has 2 atom stereocenters. The number of benzene rings is 1. The third kappa shape index (κ3) is 4.38. The first kappa shape index (κ1) is 19.6. The number of rotatable bonds is 4. The minimum absolute atomic E-state index is 0.0615. The van der Waals surface area contributed by atoms with E-state index in [1.165, 1.54) is 11.3 Å². The van der Waals surface area contributed by atoms with Gasteiger partial charge in [-0.25, -0.2) is 4.98 Å². The molecule has 8 heteroatoms. The van der Waals surface area contributed by atoms with Gasteiger partial charge < -0.3 is 10.1 Å². The van der Waals surface area contributed by atoms with E-state index in [1.807, 2.05) is 32.9 Å². The second kappa shape index (κ2) is 8.23. The van der Waals surface area contributed by atoms with Crippen LogP contribution in [-0.2, 0) is 9.53 Å². The van der Waals surface area contributed by atoms with Gasteiger partial charge in [0.25, 0.3) is 0 Å². The van der Waals surface area contributed by atoms with Crippen LogP contribution in [0.1, 0.15) is 29.2 Å². The summed E-state index contributed by atoms with van der Waals surface area (Å²) in [4.78, 5) is 20.2. The normalized spacial score (nSPS) is 19.3. The smallest absolute Gasteiger partial charge is 0.243 e. The van der Waals surface area contributed by atoms with Crippen LogP contribution in [0.4, 0.5) is 5.13 Å². The van der Waals surface area contributed by atoms with Crippen molar-refractivity contribution in [3.63, 3.8) is 0 Å². The highest BCUT2D eigenvalue weighted by atomic mass is 35.5. The standard InChI is InChI=1S/C18H21Cl2N3O2S/c1-10-12(3)26-18(21-10)22-17(24)11(2)23-6-7-25-16(9-23)13-4-5-14(19)15(20)8-13/h4-5,8,11,16H,6-7,9H2,1-3H3,(H,21,22,24). The van der Waals surface area contributed by atoms with Crippen LogP contribution in [0.2, 0.25) is 10.0 Å². The number of hydrogen-bond donors (Lipinski definition) is 1. The van der Waals surface area contributed by atoms with E-state index < -0.39 is 0 Å². The van der Waals surface area contributed by atoms with Crippen molar-refractivity contribution in [2.24, 2.45) is 0 Å². The molecule has 26 heavy (non-hydrogen) atoms. The molecule has 1 aliphatic rings. The van der Waals surface area contributed by atoms with Gasteiger partial charge in [-0.05, 0) is 38.5 Å². The fraction of sp³-hybridized carbons (Fsp3) is 0.444. The number of aryl methyl sites for hydroxylation is 2. The van der Waals surface area contributed by atoms with E-state index in [4.69, 9.17) is 27.9 Å². The van der Waals surface area contributed by atoms with Crippen molar-refractivity contribution in [1.82, 2.24) is 9.88 Å². The summed E-state index contributed by atoms with van der Waals surface area (Å²) < 4.78 is 5.87. The number of ether oxygens (including phenoxy) is 1. The minimum atomic E-state index is -0.284. The van der Waals surface area contributed by atoms with Gasteiger partial charge in [-0.15, -0.1) is 11.3 Å². The summed E-state index contributed by atoms with van der Waals surface area (Å²) in [5.41, 5.74) is 1.91. The largest absolute Gasteiger partial charge is 0.371 e. The molecular weight excluding hydrogens is 393 g/mol. The number of halogens is 2. The van der Waals surface area contributed by atoms with Crippen LogP contribution in [0.15, 0.2) is 18.2 Å². The molecule has 1 saturated heterocycles. The van der Waals surface area contributed by atoms with Crippen LogP contribution < -0.4 is 5.32 Å². The van der Waals surface area contributed by atoms with E-state index in [-0.39, 0.29) is 18.1 Å². The molecule has 0 radical (unpaired) electrons. The van der Waals surface area contributed by atoms with Crippen LogP contribution >= 0.6 is 34.5 Å². The van der Waals surface area contributed by atoms with E-state index in [9.17, 15) is 4.79 Å². The molecule has 0 bridgehead atoms.